The van der Waals surface area contributed by atoms with Crippen LogP contribution in [0.3, 0.4) is 0 Å². The van der Waals surface area contributed by atoms with Crippen molar-refractivity contribution in [3.05, 3.63) is 34.6 Å². The molecule has 0 amide bonds. The van der Waals surface area contributed by atoms with E-state index in [4.69, 9.17) is 11.6 Å². The molecule has 0 heterocycles. The summed E-state index contributed by atoms with van der Waals surface area (Å²) in [6, 6.07) is 4.89. The van der Waals surface area contributed by atoms with Crippen molar-refractivity contribution >= 4 is 11.6 Å². The molecule has 0 bridgehead atoms. The molecule has 1 aromatic carbocycles. The lowest BCUT2D eigenvalue weighted by Gasteiger charge is -2.27. The molecule has 0 spiro atoms. The third-order valence-electron chi connectivity index (χ3n) is 3.19. The molecule has 0 aliphatic heterocycles. The van der Waals surface area contributed by atoms with Crippen molar-refractivity contribution in [2.45, 2.75) is 26.8 Å². The third kappa shape index (κ3) is 2.96. The third-order valence-corrected chi connectivity index (χ3v) is 3.42. The van der Waals surface area contributed by atoms with Crippen LogP contribution in [-0.2, 0) is 0 Å². The summed E-state index contributed by atoms with van der Waals surface area (Å²) < 4.78 is 13.8. The van der Waals surface area contributed by atoms with Gasteiger partial charge in [-0.05, 0) is 31.0 Å². The Balaban J connectivity index is 3.04. The highest BCUT2D eigenvalue weighted by Gasteiger charge is 2.22. The van der Waals surface area contributed by atoms with Gasteiger partial charge in [0.25, 0.3) is 0 Å². The molecule has 0 aliphatic carbocycles. The van der Waals surface area contributed by atoms with E-state index in [-0.39, 0.29) is 11.9 Å². The largest absolute Gasteiger partial charge is 0.313 e. The van der Waals surface area contributed by atoms with E-state index in [9.17, 15) is 4.39 Å². The second-order valence-corrected chi connectivity index (χ2v) is 4.97. The van der Waals surface area contributed by atoms with Crippen LogP contribution in [-0.4, -0.2) is 7.05 Å². The summed E-state index contributed by atoms with van der Waals surface area (Å²) in [6.45, 7) is 6.41. The molecule has 0 saturated carbocycles. The van der Waals surface area contributed by atoms with E-state index in [0.29, 0.717) is 22.4 Å². The Kier molecular flexibility index (Phi) is 4.75. The predicted octanol–water partition coefficient (Wildman–Crippen LogP) is 4.03. The molecular formula is C13H19ClFN. The molecule has 1 aromatic rings. The van der Waals surface area contributed by atoms with Gasteiger partial charge in [-0.2, -0.15) is 0 Å². The zero-order valence-corrected chi connectivity index (χ0v) is 11.0. The standard InChI is InChI=1S/C13H19ClFN/c1-8(2)9(3)13(16-4)11-6-5-10(14)7-12(11)15/h5-9,13,16H,1-4H3. The number of hydrogen-bond donors (Lipinski definition) is 1. The molecule has 0 radical (unpaired) electrons. The summed E-state index contributed by atoms with van der Waals surface area (Å²) in [7, 11) is 1.86. The highest BCUT2D eigenvalue weighted by molar-refractivity contribution is 6.30. The zero-order chi connectivity index (χ0) is 12.3. The monoisotopic (exact) mass is 243 g/mol. The molecule has 0 aliphatic rings. The second-order valence-electron chi connectivity index (χ2n) is 4.54. The van der Waals surface area contributed by atoms with Gasteiger partial charge in [0.1, 0.15) is 5.82 Å². The van der Waals surface area contributed by atoms with Crippen molar-refractivity contribution in [2.75, 3.05) is 7.05 Å². The minimum absolute atomic E-state index is 0.0252. The van der Waals surface area contributed by atoms with Gasteiger partial charge in [0.15, 0.2) is 0 Å². The fraction of sp³-hybridized carbons (Fsp3) is 0.538. The van der Waals surface area contributed by atoms with Crippen LogP contribution in [0.15, 0.2) is 18.2 Å². The smallest absolute Gasteiger partial charge is 0.129 e. The van der Waals surface area contributed by atoms with Gasteiger partial charge in [-0.15, -0.1) is 0 Å². The molecule has 2 atom stereocenters. The lowest BCUT2D eigenvalue weighted by Crippen LogP contribution is -2.27. The van der Waals surface area contributed by atoms with E-state index in [1.54, 1.807) is 12.1 Å². The minimum atomic E-state index is -0.237. The SMILES string of the molecule is CNC(c1ccc(Cl)cc1F)C(C)C(C)C. The summed E-state index contributed by atoms with van der Waals surface area (Å²) >= 11 is 5.75. The van der Waals surface area contributed by atoms with Crippen molar-refractivity contribution < 1.29 is 4.39 Å². The molecule has 2 unspecified atom stereocenters. The van der Waals surface area contributed by atoms with Crippen LogP contribution >= 0.6 is 11.6 Å². The highest BCUT2D eigenvalue weighted by Crippen LogP contribution is 2.30. The Morgan fingerprint density at radius 2 is 1.88 bits per heavy atom. The molecule has 1 rings (SSSR count). The van der Waals surface area contributed by atoms with E-state index in [1.807, 2.05) is 7.05 Å². The molecular weight excluding hydrogens is 225 g/mol. The Hall–Kier alpha value is -0.600. The predicted molar refractivity (Wildman–Crippen MR) is 67.2 cm³/mol. The van der Waals surface area contributed by atoms with E-state index < -0.39 is 0 Å². The molecule has 0 aromatic heterocycles. The fourth-order valence-electron chi connectivity index (χ4n) is 1.84. The maximum atomic E-state index is 13.8. The Labute approximate surface area is 102 Å². The minimum Gasteiger partial charge on any atom is -0.313 e. The summed E-state index contributed by atoms with van der Waals surface area (Å²) in [5.74, 6) is 0.618. The first-order valence-electron chi connectivity index (χ1n) is 5.59. The van der Waals surface area contributed by atoms with Gasteiger partial charge in [-0.3, -0.25) is 0 Å². The Morgan fingerprint density at radius 1 is 1.25 bits per heavy atom. The van der Waals surface area contributed by atoms with Gasteiger partial charge in [0.2, 0.25) is 0 Å². The average molecular weight is 244 g/mol. The van der Waals surface area contributed by atoms with Crippen LogP contribution in [0.2, 0.25) is 5.02 Å². The second kappa shape index (κ2) is 5.65. The van der Waals surface area contributed by atoms with Crippen LogP contribution < -0.4 is 5.32 Å². The van der Waals surface area contributed by atoms with E-state index in [2.05, 4.69) is 26.1 Å². The summed E-state index contributed by atoms with van der Waals surface area (Å²) in [5.41, 5.74) is 0.688. The lowest BCUT2D eigenvalue weighted by molar-refractivity contribution is 0.310. The molecule has 1 N–H and O–H groups in total. The summed E-state index contributed by atoms with van der Waals surface area (Å²) in [6.07, 6.45) is 0. The topological polar surface area (TPSA) is 12.0 Å². The summed E-state index contributed by atoms with van der Waals surface area (Å²) in [5, 5.41) is 3.61. The molecule has 0 fully saturated rings. The van der Waals surface area contributed by atoms with Crippen molar-refractivity contribution in [1.82, 2.24) is 5.32 Å². The molecule has 90 valence electrons. The Morgan fingerprint density at radius 3 is 2.31 bits per heavy atom. The normalized spacial score (nSPS) is 15.2. The maximum absolute atomic E-state index is 13.8. The first-order valence-corrected chi connectivity index (χ1v) is 5.97. The van der Waals surface area contributed by atoms with Crippen LogP contribution in [0.5, 0.6) is 0 Å². The Bertz CT molecular complexity index is 352. The average Bonchev–Trinajstić information content (AvgIpc) is 2.21. The van der Waals surface area contributed by atoms with Gasteiger partial charge in [-0.1, -0.05) is 38.4 Å². The van der Waals surface area contributed by atoms with E-state index in [1.165, 1.54) is 6.07 Å². The molecule has 1 nitrogen and oxygen atoms in total. The maximum Gasteiger partial charge on any atom is 0.129 e. The van der Waals surface area contributed by atoms with Gasteiger partial charge in [0, 0.05) is 16.6 Å². The van der Waals surface area contributed by atoms with Crippen molar-refractivity contribution in [1.29, 1.82) is 0 Å². The summed E-state index contributed by atoms with van der Waals surface area (Å²) in [4.78, 5) is 0. The molecule has 3 heteroatoms. The van der Waals surface area contributed by atoms with Gasteiger partial charge in [0.05, 0.1) is 0 Å². The quantitative estimate of drug-likeness (QED) is 0.842. The van der Waals surface area contributed by atoms with Crippen molar-refractivity contribution in [3.8, 4) is 0 Å². The number of halogens is 2. The highest BCUT2D eigenvalue weighted by atomic mass is 35.5. The van der Waals surface area contributed by atoms with Crippen LogP contribution in [0.25, 0.3) is 0 Å². The van der Waals surface area contributed by atoms with E-state index >= 15 is 0 Å². The van der Waals surface area contributed by atoms with Gasteiger partial charge >= 0.3 is 0 Å². The first kappa shape index (κ1) is 13.5. The number of rotatable bonds is 4. The number of benzene rings is 1. The van der Waals surface area contributed by atoms with Gasteiger partial charge in [-0.25, -0.2) is 4.39 Å². The van der Waals surface area contributed by atoms with Crippen LogP contribution in [0.1, 0.15) is 32.4 Å². The number of hydrogen-bond acceptors (Lipinski definition) is 1. The van der Waals surface area contributed by atoms with Crippen LogP contribution in [0, 0.1) is 17.7 Å². The van der Waals surface area contributed by atoms with Crippen LogP contribution in [0.4, 0.5) is 4.39 Å². The molecule has 0 saturated heterocycles. The zero-order valence-electron chi connectivity index (χ0n) is 10.2. The number of nitrogens with one attached hydrogen (secondary N) is 1. The lowest BCUT2D eigenvalue weighted by atomic mass is 9.86. The van der Waals surface area contributed by atoms with Crippen molar-refractivity contribution in [3.63, 3.8) is 0 Å². The molecule has 16 heavy (non-hydrogen) atoms. The fourth-order valence-corrected chi connectivity index (χ4v) is 2.00. The van der Waals surface area contributed by atoms with Gasteiger partial charge < -0.3 is 5.32 Å². The van der Waals surface area contributed by atoms with E-state index in [0.717, 1.165) is 0 Å². The first-order chi connectivity index (χ1) is 7.47. The van der Waals surface area contributed by atoms with Crippen molar-refractivity contribution in [2.24, 2.45) is 11.8 Å².